The minimum absolute atomic E-state index is 0. The third-order valence-electron chi connectivity index (χ3n) is 5.56. The maximum Gasteiger partial charge on any atom is 0.122 e. The summed E-state index contributed by atoms with van der Waals surface area (Å²) in [6, 6.07) is 18.1. The second-order valence-electron chi connectivity index (χ2n) is 6.83. The van der Waals surface area contributed by atoms with E-state index in [4.69, 9.17) is 4.74 Å². The summed E-state index contributed by atoms with van der Waals surface area (Å²) in [7, 11) is 1.80. The van der Waals surface area contributed by atoms with Gasteiger partial charge in [-0.3, -0.25) is 4.90 Å². The van der Waals surface area contributed by atoms with E-state index in [1.54, 1.807) is 7.11 Å². The lowest BCUT2D eigenvalue weighted by molar-refractivity contribution is 0.210. The average Bonchev–Trinajstić information content (AvgIpc) is 3.15. The summed E-state index contributed by atoms with van der Waals surface area (Å²) in [5, 5.41) is 0. The standard InChI is InChI=1S/C21H25NO.ClH/c1-23-21-11-7-10-18-19(21)14-17(16-8-3-2-4-9-16)15-20(18)22-12-5-6-13-22;/h2-4,7-11,17,20H,5-6,12-15H2,1H3;1H. The Hall–Kier alpha value is -1.51. The Morgan fingerprint density at radius 3 is 2.42 bits per heavy atom. The van der Waals surface area contributed by atoms with Crippen LogP contribution in [-0.2, 0) is 6.42 Å². The van der Waals surface area contributed by atoms with Gasteiger partial charge in [-0.1, -0.05) is 42.5 Å². The molecule has 1 aliphatic heterocycles. The van der Waals surface area contributed by atoms with Crippen LogP contribution in [0.25, 0.3) is 0 Å². The van der Waals surface area contributed by atoms with E-state index in [2.05, 4.69) is 53.4 Å². The molecule has 0 aromatic heterocycles. The molecule has 1 saturated heterocycles. The number of nitrogens with zero attached hydrogens (tertiary/aromatic N) is 1. The van der Waals surface area contributed by atoms with Gasteiger partial charge in [0.1, 0.15) is 5.75 Å². The Morgan fingerprint density at radius 1 is 0.958 bits per heavy atom. The summed E-state index contributed by atoms with van der Waals surface area (Å²) in [6.45, 7) is 2.48. The number of hydrogen-bond acceptors (Lipinski definition) is 2. The number of ether oxygens (including phenoxy) is 1. The van der Waals surface area contributed by atoms with Gasteiger partial charge < -0.3 is 4.74 Å². The Labute approximate surface area is 151 Å². The van der Waals surface area contributed by atoms with Crippen LogP contribution in [0.2, 0.25) is 0 Å². The summed E-state index contributed by atoms with van der Waals surface area (Å²) < 4.78 is 5.69. The van der Waals surface area contributed by atoms with Gasteiger partial charge in [0.25, 0.3) is 0 Å². The molecule has 2 aromatic carbocycles. The van der Waals surface area contributed by atoms with E-state index < -0.39 is 0 Å². The maximum atomic E-state index is 5.69. The van der Waals surface area contributed by atoms with Gasteiger partial charge in [0.15, 0.2) is 0 Å². The van der Waals surface area contributed by atoms with Crippen molar-refractivity contribution in [1.82, 2.24) is 4.90 Å². The Balaban J connectivity index is 0.00000169. The van der Waals surface area contributed by atoms with Crippen LogP contribution >= 0.6 is 12.4 Å². The molecule has 2 aromatic rings. The highest BCUT2D eigenvalue weighted by Crippen LogP contribution is 2.45. The summed E-state index contributed by atoms with van der Waals surface area (Å²) >= 11 is 0. The molecule has 0 amide bonds. The fraction of sp³-hybridized carbons (Fsp3) is 0.429. The van der Waals surface area contributed by atoms with Crippen molar-refractivity contribution in [2.75, 3.05) is 20.2 Å². The van der Waals surface area contributed by atoms with E-state index in [9.17, 15) is 0 Å². The summed E-state index contributed by atoms with van der Waals surface area (Å²) in [5.41, 5.74) is 4.39. The number of benzene rings is 2. The summed E-state index contributed by atoms with van der Waals surface area (Å²) in [4.78, 5) is 2.69. The first-order valence-electron chi connectivity index (χ1n) is 8.81. The monoisotopic (exact) mass is 343 g/mol. The van der Waals surface area contributed by atoms with Crippen LogP contribution < -0.4 is 4.74 Å². The van der Waals surface area contributed by atoms with Crippen molar-refractivity contribution < 1.29 is 4.74 Å². The maximum absolute atomic E-state index is 5.69. The molecule has 3 heteroatoms. The zero-order valence-electron chi connectivity index (χ0n) is 14.3. The zero-order chi connectivity index (χ0) is 15.6. The molecule has 4 rings (SSSR count). The van der Waals surface area contributed by atoms with Gasteiger partial charge in [-0.15, -0.1) is 12.4 Å². The highest BCUT2D eigenvalue weighted by atomic mass is 35.5. The van der Waals surface area contributed by atoms with E-state index in [1.165, 1.54) is 49.0 Å². The lowest BCUT2D eigenvalue weighted by Crippen LogP contribution is -2.31. The van der Waals surface area contributed by atoms with Crippen molar-refractivity contribution in [3.63, 3.8) is 0 Å². The van der Waals surface area contributed by atoms with E-state index in [0.29, 0.717) is 12.0 Å². The molecule has 0 bridgehead atoms. The van der Waals surface area contributed by atoms with Gasteiger partial charge in [0.05, 0.1) is 7.11 Å². The molecule has 2 unspecified atom stereocenters. The highest BCUT2D eigenvalue weighted by molar-refractivity contribution is 5.85. The number of likely N-dealkylation sites (tertiary alicyclic amines) is 1. The SMILES string of the molecule is COc1cccc2c1CC(c1ccccc1)CC2N1CCCC1.Cl. The van der Waals surface area contributed by atoms with Crippen molar-refractivity contribution in [3.05, 3.63) is 65.2 Å². The van der Waals surface area contributed by atoms with Crippen LogP contribution in [0.5, 0.6) is 5.75 Å². The molecular weight excluding hydrogens is 318 g/mol. The van der Waals surface area contributed by atoms with Crippen molar-refractivity contribution in [3.8, 4) is 5.75 Å². The van der Waals surface area contributed by atoms with Crippen molar-refractivity contribution in [1.29, 1.82) is 0 Å². The minimum atomic E-state index is 0. The molecule has 0 saturated carbocycles. The molecule has 1 aliphatic carbocycles. The Kier molecular flexibility index (Phi) is 5.47. The first-order valence-corrected chi connectivity index (χ1v) is 8.81. The third kappa shape index (κ3) is 3.18. The largest absolute Gasteiger partial charge is 0.496 e. The predicted octanol–water partition coefficient (Wildman–Crippen LogP) is 4.98. The zero-order valence-corrected chi connectivity index (χ0v) is 15.1. The summed E-state index contributed by atoms with van der Waals surface area (Å²) in [6.07, 6.45) is 5.00. The van der Waals surface area contributed by atoms with Crippen molar-refractivity contribution in [2.24, 2.45) is 0 Å². The average molecular weight is 344 g/mol. The summed E-state index contributed by atoms with van der Waals surface area (Å²) in [5.74, 6) is 1.65. The van der Waals surface area contributed by atoms with E-state index in [0.717, 1.165) is 12.2 Å². The fourth-order valence-corrected chi connectivity index (χ4v) is 4.41. The number of methoxy groups -OCH3 is 1. The highest BCUT2D eigenvalue weighted by Gasteiger charge is 2.34. The molecule has 2 nitrogen and oxygen atoms in total. The predicted molar refractivity (Wildman–Crippen MR) is 101 cm³/mol. The van der Waals surface area contributed by atoms with Crippen LogP contribution in [-0.4, -0.2) is 25.1 Å². The number of rotatable bonds is 3. The van der Waals surface area contributed by atoms with Crippen LogP contribution in [0.3, 0.4) is 0 Å². The third-order valence-corrected chi connectivity index (χ3v) is 5.56. The van der Waals surface area contributed by atoms with Gasteiger partial charge in [-0.25, -0.2) is 0 Å². The number of fused-ring (bicyclic) bond motifs is 1. The van der Waals surface area contributed by atoms with Gasteiger partial charge in [0, 0.05) is 6.04 Å². The molecule has 2 atom stereocenters. The van der Waals surface area contributed by atoms with Crippen molar-refractivity contribution in [2.45, 2.75) is 37.6 Å². The molecule has 128 valence electrons. The van der Waals surface area contributed by atoms with Crippen LogP contribution in [0.15, 0.2) is 48.5 Å². The molecule has 2 aliphatic rings. The van der Waals surface area contributed by atoms with E-state index >= 15 is 0 Å². The quantitative estimate of drug-likeness (QED) is 0.779. The minimum Gasteiger partial charge on any atom is -0.496 e. The first-order chi connectivity index (χ1) is 11.4. The van der Waals surface area contributed by atoms with E-state index in [1.807, 2.05) is 0 Å². The molecule has 0 radical (unpaired) electrons. The smallest absolute Gasteiger partial charge is 0.122 e. The van der Waals surface area contributed by atoms with Crippen molar-refractivity contribution >= 4 is 12.4 Å². The Morgan fingerprint density at radius 2 is 1.71 bits per heavy atom. The van der Waals surface area contributed by atoms with Crippen LogP contribution in [0.4, 0.5) is 0 Å². The molecule has 1 fully saturated rings. The first kappa shape index (κ1) is 17.3. The lowest BCUT2D eigenvalue weighted by Gasteiger charge is -2.38. The second kappa shape index (κ2) is 7.58. The normalized spacial score (nSPS) is 23.4. The van der Waals surface area contributed by atoms with Gasteiger partial charge >= 0.3 is 0 Å². The van der Waals surface area contributed by atoms with Gasteiger partial charge in [-0.2, -0.15) is 0 Å². The fourth-order valence-electron chi connectivity index (χ4n) is 4.41. The molecule has 1 heterocycles. The van der Waals surface area contributed by atoms with Gasteiger partial charge in [-0.05, 0) is 67.4 Å². The molecule has 24 heavy (non-hydrogen) atoms. The number of hydrogen-bond donors (Lipinski definition) is 0. The molecule has 0 spiro atoms. The topological polar surface area (TPSA) is 12.5 Å². The molecular formula is C21H26ClNO. The Bertz CT molecular complexity index is 667. The van der Waals surface area contributed by atoms with E-state index in [-0.39, 0.29) is 12.4 Å². The van der Waals surface area contributed by atoms with Crippen LogP contribution in [0, 0.1) is 0 Å². The molecule has 0 N–H and O–H groups in total. The lowest BCUT2D eigenvalue weighted by atomic mass is 9.76. The van der Waals surface area contributed by atoms with Gasteiger partial charge in [0.2, 0.25) is 0 Å². The van der Waals surface area contributed by atoms with Crippen LogP contribution in [0.1, 0.15) is 47.9 Å². The number of halogens is 1. The second-order valence-corrected chi connectivity index (χ2v) is 6.83.